The maximum absolute atomic E-state index is 13.1. The molecule has 2 aliphatic rings. The molecule has 1 aromatic heterocycles. The highest BCUT2D eigenvalue weighted by Gasteiger charge is 2.32. The van der Waals surface area contributed by atoms with E-state index >= 15 is 0 Å². The summed E-state index contributed by atoms with van der Waals surface area (Å²) in [5, 5.41) is 5.18. The molecule has 2 heterocycles. The van der Waals surface area contributed by atoms with E-state index in [4.69, 9.17) is 10.1 Å². The molecule has 0 N–H and O–H groups in total. The second-order valence-electron chi connectivity index (χ2n) is 7.40. The van der Waals surface area contributed by atoms with Crippen LogP contribution in [0.4, 0.5) is 5.69 Å². The van der Waals surface area contributed by atoms with Crippen LogP contribution in [-0.2, 0) is 11.2 Å². The third kappa shape index (κ3) is 3.22. The van der Waals surface area contributed by atoms with Crippen LogP contribution < -0.4 is 4.90 Å². The van der Waals surface area contributed by atoms with Crippen LogP contribution in [0.15, 0.2) is 59.8 Å². The fourth-order valence-electron chi connectivity index (χ4n) is 3.71. The summed E-state index contributed by atoms with van der Waals surface area (Å²) < 4.78 is 1.95. The smallest absolute Gasteiger partial charge is 0.240 e. The van der Waals surface area contributed by atoms with Gasteiger partial charge < -0.3 is 4.90 Å². The number of amides is 1. The van der Waals surface area contributed by atoms with Crippen LogP contribution in [0, 0.1) is 0 Å². The summed E-state index contributed by atoms with van der Waals surface area (Å²) >= 11 is 1.45. The SMILES string of the molecule is C[C@H](Sc1nc(C2CC2)n(-c2ccccc2)n1)C(=O)N1CCc2ccccc21. The number of hydrogen-bond donors (Lipinski definition) is 0. The predicted molar refractivity (Wildman–Crippen MR) is 111 cm³/mol. The van der Waals surface area contributed by atoms with Gasteiger partial charge >= 0.3 is 0 Å². The monoisotopic (exact) mass is 390 g/mol. The maximum Gasteiger partial charge on any atom is 0.240 e. The molecule has 0 saturated heterocycles. The van der Waals surface area contributed by atoms with Gasteiger partial charge in [-0.25, -0.2) is 9.67 Å². The van der Waals surface area contributed by atoms with Crippen LogP contribution in [0.3, 0.4) is 0 Å². The highest BCUT2D eigenvalue weighted by atomic mass is 32.2. The molecule has 5 rings (SSSR count). The zero-order valence-electron chi connectivity index (χ0n) is 15.8. The lowest BCUT2D eigenvalue weighted by Crippen LogP contribution is -2.35. The average molecular weight is 391 g/mol. The molecule has 3 aromatic rings. The molecule has 28 heavy (non-hydrogen) atoms. The molecule has 6 heteroatoms. The number of rotatable bonds is 5. The van der Waals surface area contributed by atoms with Gasteiger partial charge in [-0.15, -0.1) is 5.10 Å². The number of carbonyl (C=O) groups is 1. The summed E-state index contributed by atoms with van der Waals surface area (Å²) in [6.45, 7) is 2.70. The van der Waals surface area contributed by atoms with Gasteiger partial charge in [0.15, 0.2) is 0 Å². The standard InChI is InChI=1S/C22H22N4OS/c1-15(21(27)25-14-13-16-7-5-6-10-19(16)25)28-22-23-20(17-11-12-17)26(24-22)18-8-3-2-4-9-18/h2-10,15,17H,11-14H2,1H3/t15-/m0/s1. The topological polar surface area (TPSA) is 51.0 Å². The molecule has 1 aliphatic carbocycles. The first-order chi connectivity index (χ1) is 13.7. The minimum absolute atomic E-state index is 0.124. The number of anilines is 1. The largest absolute Gasteiger partial charge is 0.311 e. The van der Waals surface area contributed by atoms with Crippen molar-refractivity contribution in [2.75, 3.05) is 11.4 Å². The van der Waals surface area contributed by atoms with Crippen molar-refractivity contribution in [1.82, 2.24) is 14.8 Å². The summed E-state index contributed by atoms with van der Waals surface area (Å²) in [6.07, 6.45) is 3.25. The molecule has 2 aromatic carbocycles. The number of para-hydroxylation sites is 2. The van der Waals surface area contributed by atoms with Gasteiger partial charge in [0.1, 0.15) is 5.82 Å². The molecular formula is C22H22N4OS. The minimum Gasteiger partial charge on any atom is -0.311 e. The minimum atomic E-state index is -0.232. The molecular weight excluding hydrogens is 368 g/mol. The van der Waals surface area contributed by atoms with Crippen molar-refractivity contribution in [2.24, 2.45) is 0 Å². The first-order valence-corrected chi connectivity index (χ1v) is 10.7. The van der Waals surface area contributed by atoms with Gasteiger partial charge in [-0.2, -0.15) is 0 Å². The van der Waals surface area contributed by atoms with E-state index in [9.17, 15) is 4.79 Å². The molecule has 0 radical (unpaired) electrons. The van der Waals surface area contributed by atoms with Crippen LogP contribution in [0.2, 0.25) is 0 Å². The molecule has 1 saturated carbocycles. The Kier molecular flexibility index (Phi) is 4.43. The molecule has 5 nitrogen and oxygen atoms in total. The number of aromatic nitrogens is 3. The quantitative estimate of drug-likeness (QED) is 0.612. The van der Waals surface area contributed by atoms with Gasteiger partial charge in [0.2, 0.25) is 11.1 Å². The fraction of sp³-hybridized carbons (Fsp3) is 0.318. The van der Waals surface area contributed by atoms with Crippen LogP contribution in [-0.4, -0.2) is 32.5 Å². The summed E-state index contributed by atoms with van der Waals surface area (Å²) in [7, 11) is 0. The number of carbonyl (C=O) groups excluding carboxylic acids is 1. The van der Waals surface area contributed by atoms with Crippen LogP contribution in [0.25, 0.3) is 5.69 Å². The second-order valence-corrected chi connectivity index (χ2v) is 8.71. The Morgan fingerprint density at radius 1 is 1.11 bits per heavy atom. The van der Waals surface area contributed by atoms with E-state index in [-0.39, 0.29) is 11.2 Å². The molecule has 1 atom stereocenters. The van der Waals surface area contributed by atoms with Gasteiger partial charge in [0.25, 0.3) is 0 Å². The van der Waals surface area contributed by atoms with Crippen molar-refractivity contribution >= 4 is 23.4 Å². The zero-order chi connectivity index (χ0) is 19.1. The Morgan fingerprint density at radius 2 is 1.86 bits per heavy atom. The van der Waals surface area contributed by atoms with Crippen molar-refractivity contribution in [2.45, 2.75) is 42.5 Å². The predicted octanol–water partition coefficient (Wildman–Crippen LogP) is 4.21. The third-order valence-corrected chi connectivity index (χ3v) is 6.28. The van der Waals surface area contributed by atoms with E-state index in [1.807, 2.05) is 65.0 Å². The van der Waals surface area contributed by atoms with Crippen LogP contribution in [0.5, 0.6) is 0 Å². The van der Waals surface area contributed by atoms with Gasteiger partial charge in [0, 0.05) is 18.2 Å². The molecule has 1 fully saturated rings. The number of fused-ring (bicyclic) bond motifs is 1. The second kappa shape index (κ2) is 7.09. The van der Waals surface area contributed by atoms with Crippen molar-refractivity contribution in [3.63, 3.8) is 0 Å². The van der Waals surface area contributed by atoms with E-state index in [1.165, 1.54) is 17.3 Å². The first kappa shape index (κ1) is 17.5. The Balaban J connectivity index is 1.37. The number of hydrogen-bond acceptors (Lipinski definition) is 4. The highest BCUT2D eigenvalue weighted by Crippen LogP contribution is 2.41. The lowest BCUT2D eigenvalue weighted by atomic mass is 10.2. The first-order valence-electron chi connectivity index (χ1n) is 9.79. The zero-order valence-corrected chi connectivity index (χ0v) is 16.6. The van der Waals surface area contributed by atoms with E-state index < -0.39 is 0 Å². The van der Waals surface area contributed by atoms with E-state index in [1.54, 1.807) is 0 Å². The molecule has 142 valence electrons. The summed E-state index contributed by atoms with van der Waals surface area (Å²) in [5.41, 5.74) is 3.31. The van der Waals surface area contributed by atoms with Crippen molar-refractivity contribution in [3.8, 4) is 5.69 Å². The van der Waals surface area contributed by atoms with Gasteiger partial charge in [-0.3, -0.25) is 4.79 Å². The average Bonchev–Trinajstić information content (AvgIpc) is 3.35. The highest BCUT2D eigenvalue weighted by molar-refractivity contribution is 8.00. The Hall–Kier alpha value is -2.60. The van der Waals surface area contributed by atoms with E-state index in [0.29, 0.717) is 11.1 Å². The molecule has 0 unspecified atom stereocenters. The summed E-state index contributed by atoms with van der Waals surface area (Å²) in [5.74, 6) is 1.62. The van der Waals surface area contributed by atoms with Crippen LogP contribution in [0.1, 0.15) is 37.1 Å². The van der Waals surface area contributed by atoms with Crippen molar-refractivity contribution in [1.29, 1.82) is 0 Å². The Bertz CT molecular complexity index is 1010. The molecule has 1 amide bonds. The molecule has 1 aliphatic heterocycles. The molecule has 0 bridgehead atoms. The van der Waals surface area contributed by atoms with Crippen molar-refractivity contribution < 1.29 is 4.79 Å². The third-order valence-electron chi connectivity index (χ3n) is 5.34. The van der Waals surface area contributed by atoms with Gasteiger partial charge in [-0.1, -0.05) is 48.2 Å². The van der Waals surface area contributed by atoms with Gasteiger partial charge in [0.05, 0.1) is 10.9 Å². The van der Waals surface area contributed by atoms with Gasteiger partial charge in [-0.05, 0) is 49.9 Å². The van der Waals surface area contributed by atoms with E-state index in [0.717, 1.165) is 43.0 Å². The number of nitrogens with zero attached hydrogens (tertiary/aromatic N) is 4. The lowest BCUT2D eigenvalue weighted by Gasteiger charge is -2.20. The summed E-state index contributed by atoms with van der Waals surface area (Å²) in [6, 6.07) is 18.3. The van der Waals surface area contributed by atoms with Crippen molar-refractivity contribution in [3.05, 3.63) is 66.0 Å². The normalized spacial score (nSPS) is 16.8. The maximum atomic E-state index is 13.1. The number of thioether (sulfide) groups is 1. The Labute approximate surface area is 168 Å². The fourth-order valence-corrected chi connectivity index (χ4v) is 4.53. The Morgan fingerprint density at radius 3 is 2.64 bits per heavy atom. The lowest BCUT2D eigenvalue weighted by molar-refractivity contribution is -0.117. The van der Waals surface area contributed by atoms with E-state index in [2.05, 4.69) is 6.07 Å². The summed E-state index contributed by atoms with van der Waals surface area (Å²) in [4.78, 5) is 19.8. The molecule has 0 spiro atoms. The number of benzene rings is 2. The van der Waals surface area contributed by atoms with Crippen LogP contribution >= 0.6 is 11.8 Å².